The molecule has 1 aliphatic rings. The average molecular weight is 392 g/mol. The van der Waals surface area contributed by atoms with Crippen LogP contribution in [-0.4, -0.2) is 33.3 Å². The number of esters is 1. The van der Waals surface area contributed by atoms with E-state index in [1.807, 2.05) is 0 Å². The van der Waals surface area contributed by atoms with E-state index in [0.29, 0.717) is 5.56 Å². The van der Waals surface area contributed by atoms with E-state index < -0.39 is 33.6 Å². The van der Waals surface area contributed by atoms with Gasteiger partial charge in [0.05, 0.1) is 24.5 Å². The Morgan fingerprint density at radius 3 is 2.54 bits per heavy atom. The lowest BCUT2D eigenvalue weighted by molar-refractivity contribution is -0.136. The summed E-state index contributed by atoms with van der Waals surface area (Å²) in [5, 5.41) is 6.75. The summed E-state index contributed by atoms with van der Waals surface area (Å²) in [7, 11) is -2.50. The number of thiophene rings is 1. The van der Waals surface area contributed by atoms with Crippen LogP contribution in [0.25, 0.3) is 0 Å². The van der Waals surface area contributed by atoms with E-state index in [-0.39, 0.29) is 15.5 Å². The van der Waals surface area contributed by atoms with Crippen molar-refractivity contribution in [2.24, 2.45) is 0 Å². The fraction of sp³-hybridized carbons (Fsp3) is 0.176. The van der Waals surface area contributed by atoms with Crippen molar-refractivity contribution < 1.29 is 22.7 Å². The fourth-order valence-electron chi connectivity index (χ4n) is 2.68. The number of amides is 2. The third-order valence-corrected chi connectivity index (χ3v) is 6.96. The van der Waals surface area contributed by atoms with E-state index in [4.69, 9.17) is 4.74 Å². The highest BCUT2D eigenvalue weighted by molar-refractivity contribution is 7.93. The number of benzene rings is 1. The van der Waals surface area contributed by atoms with E-state index in [1.54, 1.807) is 41.8 Å². The second-order valence-corrected chi connectivity index (χ2v) is 8.68. The van der Waals surface area contributed by atoms with Gasteiger partial charge in [-0.1, -0.05) is 36.4 Å². The van der Waals surface area contributed by atoms with Crippen LogP contribution < -0.4 is 10.6 Å². The zero-order valence-corrected chi connectivity index (χ0v) is 15.4. The summed E-state index contributed by atoms with van der Waals surface area (Å²) in [5.74, 6) is -1.21. The first-order valence-electron chi connectivity index (χ1n) is 7.62. The third kappa shape index (κ3) is 3.63. The van der Waals surface area contributed by atoms with Gasteiger partial charge in [0.15, 0.2) is 9.84 Å². The van der Waals surface area contributed by atoms with Crippen molar-refractivity contribution in [1.29, 1.82) is 0 Å². The number of sulfone groups is 1. The van der Waals surface area contributed by atoms with Gasteiger partial charge in [0, 0.05) is 5.70 Å². The molecule has 0 saturated carbocycles. The molecule has 9 heteroatoms. The molecular formula is C17H16N2O5S2. The van der Waals surface area contributed by atoms with Gasteiger partial charge in [-0.3, -0.25) is 0 Å². The highest BCUT2D eigenvalue weighted by Crippen LogP contribution is 2.29. The monoisotopic (exact) mass is 392 g/mol. The molecule has 0 spiro atoms. The predicted octanol–water partition coefficient (Wildman–Crippen LogP) is 2.00. The van der Waals surface area contributed by atoms with Crippen molar-refractivity contribution in [3.05, 3.63) is 64.7 Å². The van der Waals surface area contributed by atoms with Gasteiger partial charge in [-0.05, 0) is 17.0 Å². The number of rotatable bonds is 5. The molecule has 2 amide bonds. The van der Waals surface area contributed by atoms with Crippen molar-refractivity contribution in [3.63, 3.8) is 0 Å². The first kappa shape index (κ1) is 18.2. The van der Waals surface area contributed by atoms with Gasteiger partial charge in [-0.15, -0.1) is 11.3 Å². The fourth-order valence-corrected chi connectivity index (χ4v) is 5.09. The van der Waals surface area contributed by atoms with E-state index in [0.717, 1.165) is 11.3 Å². The molecule has 0 aliphatic carbocycles. The van der Waals surface area contributed by atoms with Gasteiger partial charge in [-0.25, -0.2) is 18.0 Å². The third-order valence-electron chi connectivity index (χ3n) is 3.83. The first-order valence-corrected chi connectivity index (χ1v) is 10.2. The van der Waals surface area contributed by atoms with Crippen LogP contribution in [0, 0.1) is 0 Å². The average Bonchev–Trinajstić information content (AvgIpc) is 3.17. The Bertz CT molecular complexity index is 950. The Labute approximate surface area is 154 Å². The van der Waals surface area contributed by atoms with Gasteiger partial charge in [0.1, 0.15) is 4.21 Å². The van der Waals surface area contributed by atoms with Crippen LogP contribution in [-0.2, 0) is 19.4 Å². The van der Waals surface area contributed by atoms with Crippen molar-refractivity contribution in [1.82, 2.24) is 10.6 Å². The van der Waals surface area contributed by atoms with Crippen LogP contribution in [0.2, 0.25) is 0 Å². The maximum absolute atomic E-state index is 12.6. The summed E-state index contributed by atoms with van der Waals surface area (Å²) in [5.41, 5.74) is 0.732. The second-order valence-electron chi connectivity index (χ2n) is 5.52. The maximum Gasteiger partial charge on any atom is 0.338 e. The molecule has 2 heterocycles. The Kier molecular flexibility index (Phi) is 5.10. The van der Waals surface area contributed by atoms with Crippen LogP contribution in [0.4, 0.5) is 4.79 Å². The summed E-state index contributed by atoms with van der Waals surface area (Å²) in [6.45, 7) is 0. The summed E-state index contributed by atoms with van der Waals surface area (Å²) < 4.78 is 30.2. The number of hydrogen-bond acceptors (Lipinski definition) is 6. The van der Waals surface area contributed by atoms with Gasteiger partial charge in [0.2, 0.25) is 0 Å². The molecule has 1 aliphatic heterocycles. The number of urea groups is 1. The molecule has 26 heavy (non-hydrogen) atoms. The minimum Gasteiger partial charge on any atom is -0.466 e. The minimum atomic E-state index is -3.71. The van der Waals surface area contributed by atoms with E-state index in [2.05, 4.69) is 10.6 Å². The zero-order chi connectivity index (χ0) is 18.7. The molecular weight excluding hydrogens is 376 g/mol. The van der Waals surface area contributed by atoms with Crippen LogP contribution >= 0.6 is 11.3 Å². The van der Waals surface area contributed by atoms with Crippen LogP contribution in [0.1, 0.15) is 11.6 Å². The SMILES string of the molecule is COC(=O)C1=C(CS(=O)(=O)c2cccs2)NC(=O)N[C@H]1c1ccccc1. The Morgan fingerprint density at radius 1 is 1.19 bits per heavy atom. The molecule has 136 valence electrons. The largest absolute Gasteiger partial charge is 0.466 e. The molecule has 0 radical (unpaired) electrons. The summed E-state index contributed by atoms with van der Waals surface area (Å²) >= 11 is 1.08. The van der Waals surface area contributed by atoms with Gasteiger partial charge < -0.3 is 15.4 Å². The zero-order valence-electron chi connectivity index (χ0n) is 13.8. The topological polar surface area (TPSA) is 102 Å². The minimum absolute atomic E-state index is 0.0165. The Balaban J connectivity index is 2.09. The number of nitrogens with one attached hydrogen (secondary N) is 2. The molecule has 0 unspecified atom stereocenters. The Hall–Kier alpha value is -2.65. The normalized spacial score (nSPS) is 17.4. The first-order chi connectivity index (χ1) is 12.4. The molecule has 1 aromatic carbocycles. The van der Waals surface area contributed by atoms with Gasteiger partial charge >= 0.3 is 12.0 Å². The van der Waals surface area contributed by atoms with Crippen LogP contribution in [0.3, 0.4) is 0 Å². The summed E-state index contributed by atoms with van der Waals surface area (Å²) in [6, 6.07) is 10.5. The lowest BCUT2D eigenvalue weighted by Gasteiger charge is -2.29. The molecule has 0 saturated heterocycles. The highest BCUT2D eigenvalue weighted by atomic mass is 32.2. The maximum atomic E-state index is 12.6. The molecule has 0 fully saturated rings. The smallest absolute Gasteiger partial charge is 0.338 e. The lowest BCUT2D eigenvalue weighted by Crippen LogP contribution is -2.47. The number of carbonyl (C=O) groups is 2. The lowest BCUT2D eigenvalue weighted by atomic mass is 9.96. The highest BCUT2D eigenvalue weighted by Gasteiger charge is 2.35. The summed E-state index contributed by atoms with van der Waals surface area (Å²) in [6.07, 6.45) is 0. The number of methoxy groups -OCH3 is 1. The molecule has 1 aromatic heterocycles. The molecule has 2 N–H and O–H groups in total. The quantitative estimate of drug-likeness (QED) is 0.758. The predicted molar refractivity (Wildman–Crippen MR) is 96.3 cm³/mol. The summed E-state index contributed by atoms with van der Waals surface area (Å²) in [4.78, 5) is 24.5. The van der Waals surface area contributed by atoms with E-state index in [1.165, 1.54) is 13.2 Å². The van der Waals surface area contributed by atoms with Crippen molar-refractivity contribution >= 4 is 33.2 Å². The van der Waals surface area contributed by atoms with Gasteiger partial charge in [-0.2, -0.15) is 0 Å². The van der Waals surface area contributed by atoms with E-state index >= 15 is 0 Å². The molecule has 1 atom stereocenters. The second kappa shape index (κ2) is 7.30. The number of carbonyl (C=O) groups excluding carboxylic acids is 2. The van der Waals surface area contributed by atoms with E-state index in [9.17, 15) is 18.0 Å². The Morgan fingerprint density at radius 2 is 1.92 bits per heavy atom. The van der Waals surface area contributed by atoms with Gasteiger partial charge in [0.25, 0.3) is 0 Å². The number of ether oxygens (including phenoxy) is 1. The molecule has 0 bridgehead atoms. The van der Waals surface area contributed by atoms with Crippen molar-refractivity contribution in [2.45, 2.75) is 10.3 Å². The molecule has 2 aromatic rings. The van der Waals surface area contributed by atoms with Crippen molar-refractivity contribution in [3.8, 4) is 0 Å². The standard InChI is InChI=1S/C17H16N2O5S2/c1-24-16(20)14-12(10-26(22,23)13-8-5-9-25-13)18-17(21)19-15(14)11-6-3-2-4-7-11/h2-9,15H,10H2,1H3,(H2,18,19,21)/t15-/m0/s1. The number of hydrogen-bond donors (Lipinski definition) is 2. The van der Waals surface area contributed by atoms with Crippen LogP contribution in [0.15, 0.2) is 63.3 Å². The van der Waals surface area contributed by atoms with Crippen LogP contribution in [0.5, 0.6) is 0 Å². The molecule has 3 rings (SSSR count). The van der Waals surface area contributed by atoms with Crippen molar-refractivity contribution in [2.75, 3.05) is 12.9 Å². The molecule has 7 nitrogen and oxygen atoms in total.